The number of rotatable bonds is 5. The molecule has 2 aliphatic rings. The quantitative estimate of drug-likeness (QED) is 0.540. The van der Waals surface area contributed by atoms with Crippen molar-refractivity contribution >= 4 is 33.2 Å². The lowest BCUT2D eigenvalue weighted by Gasteiger charge is -2.41. The summed E-state index contributed by atoms with van der Waals surface area (Å²) < 4.78 is 32.3. The molecule has 6 nitrogen and oxygen atoms in total. The molecule has 1 aromatic heterocycles. The fraction of sp³-hybridized carbons (Fsp3) is 0.538. The minimum atomic E-state index is -3.75. The van der Waals surface area contributed by atoms with Gasteiger partial charge in [-0.05, 0) is 80.5 Å². The molecule has 1 aliphatic carbocycles. The molecular formula is C26H33ClN2O4S. The second-order valence-electron chi connectivity index (χ2n) is 10.4. The summed E-state index contributed by atoms with van der Waals surface area (Å²) >= 11 is 6.01. The number of halogens is 1. The highest BCUT2D eigenvalue weighted by molar-refractivity contribution is 7.92. The standard InChI is InChI=1S/C26H33ClN2O4S/c1-18-16-19(17-28-23(18)29(21-6-5-7-21)24(30)25(2,3)4)26(12-14-33-15-13-26)34(31,32)22-10-8-20(27)9-11-22/h8-11,16-17,21H,5-7,12-15H2,1-4H3. The van der Waals surface area contributed by atoms with Crippen molar-refractivity contribution in [1.82, 2.24) is 4.98 Å². The molecule has 1 aliphatic heterocycles. The Hall–Kier alpha value is -1.96. The summed E-state index contributed by atoms with van der Waals surface area (Å²) in [6.45, 7) is 8.37. The number of anilines is 1. The molecule has 34 heavy (non-hydrogen) atoms. The fourth-order valence-electron chi connectivity index (χ4n) is 4.76. The molecule has 1 aromatic carbocycles. The summed E-state index contributed by atoms with van der Waals surface area (Å²) in [6.07, 6.45) is 5.34. The van der Waals surface area contributed by atoms with E-state index in [1.54, 1.807) is 30.5 Å². The molecule has 0 radical (unpaired) electrons. The Labute approximate surface area is 207 Å². The van der Waals surface area contributed by atoms with Gasteiger partial charge in [-0.2, -0.15) is 0 Å². The van der Waals surface area contributed by atoms with Crippen molar-refractivity contribution in [2.75, 3.05) is 18.1 Å². The lowest BCUT2D eigenvalue weighted by Crippen LogP contribution is -2.50. The lowest BCUT2D eigenvalue weighted by atomic mass is 9.86. The Morgan fingerprint density at radius 3 is 2.26 bits per heavy atom. The smallest absolute Gasteiger partial charge is 0.233 e. The van der Waals surface area contributed by atoms with Crippen LogP contribution in [0.3, 0.4) is 0 Å². The van der Waals surface area contributed by atoms with Crippen LogP contribution < -0.4 is 4.90 Å². The van der Waals surface area contributed by atoms with Gasteiger partial charge in [0.1, 0.15) is 10.6 Å². The Morgan fingerprint density at radius 2 is 1.76 bits per heavy atom. The minimum absolute atomic E-state index is 0.0371. The average Bonchev–Trinajstić information content (AvgIpc) is 2.76. The molecule has 1 saturated heterocycles. The van der Waals surface area contributed by atoms with E-state index in [2.05, 4.69) is 0 Å². The second-order valence-corrected chi connectivity index (χ2v) is 13.1. The molecule has 4 rings (SSSR count). The molecule has 0 bridgehead atoms. The van der Waals surface area contributed by atoms with Crippen molar-refractivity contribution in [2.24, 2.45) is 5.41 Å². The van der Waals surface area contributed by atoms with E-state index in [-0.39, 0.29) is 16.8 Å². The Bertz CT molecular complexity index is 1160. The van der Waals surface area contributed by atoms with Gasteiger partial charge < -0.3 is 4.74 Å². The van der Waals surface area contributed by atoms with E-state index in [0.717, 1.165) is 24.8 Å². The number of aromatic nitrogens is 1. The van der Waals surface area contributed by atoms with E-state index in [0.29, 0.717) is 42.5 Å². The number of ether oxygens (including phenoxy) is 1. The third-order valence-electron chi connectivity index (χ3n) is 7.04. The van der Waals surface area contributed by atoms with Crippen molar-refractivity contribution < 1.29 is 17.9 Å². The summed E-state index contributed by atoms with van der Waals surface area (Å²) in [5.41, 5.74) is 0.908. The highest BCUT2D eigenvalue weighted by atomic mass is 35.5. The predicted molar refractivity (Wildman–Crippen MR) is 134 cm³/mol. The van der Waals surface area contributed by atoms with Gasteiger partial charge in [-0.3, -0.25) is 9.69 Å². The van der Waals surface area contributed by atoms with Gasteiger partial charge in [0.05, 0.1) is 4.90 Å². The summed E-state index contributed by atoms with van der Waals surface area (Å²) in [7, 11) is -3.75. The van der Waals surface area contributed by atoms with Gasteiger partial charge in [-0.25, -0.2) is 13.4 Å². The van der Waals surface area contributed by atoms with Crippen molar-refractivity contribution in [3.05, 3.63) is 52.7 Å². The summed E-state index contributed by atoms with van der Waals surface area (Å²) in [6, 6.07) is 8.36. The number of nitrogens with zero attached hydrogens (tertiary/aromatic N) is 2. The van der Waals surface area contributed by atoms with Crippen LogP contribution in [0.15, 0.2) is 41.4 Å². The molecule has 1 saturated carbocycles. The predicted octanol–water partition coefficient (Wildman–Crippen LogP) is 5.45. The van der Waals surface area contributed by atoms with Crippen molar-refractivity contribution in [1.29, 1.82) is 0 Å². The molecule has 8 heteroatoms. The number of hydrogen-bond donors (Lipinski definition) is 0. The van der Waals surface area contributed by atoms with Gasteiger partial charge in [0.15, 0.2) is 9.84 Å². The van der Waals surface area contributed by atoms with E-state index in [1.165, 1.54) is 0 Å². The van der Waals surface area contributed by atoms with Gasteiger partial charge in [0.2, 0.25) is 5.91 Å². The van der Waals surface area contributed by atoms with Crippen LogP contribution in [0, 0.1) is 12.3 Å². The monoisotopic (exact) mass is 504 g/mol. The number of hydrogen-bond acceptors (Lipinski definition) is 5. The first-order valence-corrected chi connectivity index (χ1v) is 13.7. The maximum Gasteiger partial charge on any atom is 0.233 e. The highest BCUT2D eigenvalue weighted by Crippen LogP contribution is 2.45. The molecule has 0 spiro atoms. The van der Waals surface area contributed by atoms with E-state index in [4.69, 9.17) is 21.3 Å². The minimum Gasteiger partial charge on any atom is -0.381 e. The molecule has 2 aromatic rings. The summed E-state index contributed by atoms with van der Waals surface area (Å²) in [4.78, 5) is 20.1. The fourth-order valence-corrected chi connectivity index (χ4v) is 6.96. The van der Waals surface area contributed by atoms with Crippen LogP contribution in [0.1, 0.15) is 64.0 Å². The van der Waals surface area contributed by atoms with Crippen LogP contribution in [-0.2, 0) is 24.1 Å². The van der Waals surface area contributed by atoms with Crippen molar-refractivity contribution in [2.45, 2.75) is 75.5 Å². The van der Waals surface area contributed by atoms with Gasteiger partial charge in [-0.15, -0.1) is 0 Å². The van der Waals surface area contributed by atoms with Crippen molar-refractivity contribution in [3.8, 4) is 0 Å². The number of carbonyl (C=O) groups excluding carboxylic acids is 1. The molecule has 0 unspecified atom stereocenters. The van der Waals surface area contributed by atoms with Crippen LogP contribution >= 0.6 is 11.6 Å². The Kier molecular flexibility index (Phi) is 6.84. The topological polar surface area (TPSA) is 76.6 Å². The van der Waals surface area contributed by atoms with Gasteiger partial charge >= 0.3 is 0 Å². The van der Waals surface area contributed by atoms with Crippen molar-refractivity contribution in [3.63, 3.8) is 0 Å². The Morgan fingerprint density at radius 1 is 1.15 bits per heavy atom. The third kappa shape index (κ3) is 4.38. The first-order valence-electron chi connectivity index (χ1n) is 11.9. The zero-order chi connectivity index (χ0) is 24.7. The number of benzene rings is 1. The van der Waals surface area contributed by atoms with Gasteiger partial charge in [0.25, 0.3) is 0 Å². The van der Waals surface area contributed by atoms with Crippen LogP contribution in [0.4, 0.5) is 5.82 Å². The van der Waals surface area contributed by atoms with Crippen LogP contribution in [0.25, 0.3) is 0 Å². The van der Waals surface area contributed by atoms with Crippen LogP contribution in [0.2, 0.25) is 5.02 Å². The number of sulfone groups is 1. The number of pyridine rings is 1. The second kappa shape index (κ2) is 9.25. The van der Waals surface area contributed by atoms with Gasteiger partial charge in [-0.1, -0.05) is 32.4 Å². The van der Waals surface area contributed by atoms with Crippen LogP contribution in [0.5, 0.6) is 0 Å². The zero-order valence-electron chi connectivity index (χ0n) is 20.3. The molecular weight excluding hydrogens is 472 g/mol. The number of aryl methyl sites for hydroxylation is 1. The van der Waals surface area contributed by atoms with E-state index >= 15 is 0 Å². The molecule has 184 valence electrons. The largest absolute Gasteiger partial charge is 0.381 e. The zero-order valence-corrected chi connectivity index (χ0v) is 21.9. The number of amides is 1. The molecule has 2 heterocycles. The number of carbonyl (C=O) groups is 1. The van der Waals surface area contributed by atoms with Crippen LogP contribution in [-0.4, -0.2) is 38.6 Å². The molecule has 1 amide bonds. The maximum absolute atomic E-state index is 14.0. The normalized spacial score (nSPS) is 18.9. The summed E-state index contributed by atoms with van der Waals surface area (Å²) in [5, 5.41) is 0.487. The molecule has 2 fully saturated rings. The van der Waals surface area contributed by atoms with E-state index < -0.39 is 20.0 Å². The SMILES string of the molecule is Cc1cc(C2(S(=O)(=O)c3ccc(Cl)cc3)CCOCC2)cnc1N(C(=O)C(C)(C)C)C1CCC1. The first-order chi connectivity index (χ1) is 16.0. The lowest BCUT2D eigenvalue weighted by molar-refractivity contribution is -0.126. The first kappa shape index (κ1) is 25.1. The molecule has 0 N–H and O–H groups in total. The highest BCUT2D eigenvalue weighted by Gasteiger charge is 2.48. The van der Waals surface area contributed by atoms with E-state index in [9.17, 15) is 13.2 Å². The van der Waals surface area contributed by atoms with E-state index in [1.807, 2.05) is 38.7 Å². The maximum atomic E-state index is 14.0. The third-order valence-corrected chi connectivity index (χ3v) is 9.86. The summed E-state index contributed by atoms with van der Waals surface area (Å²) in [5.74, 6) is 0.662. The molecule has 0 atom stereocenters. The average molecular weight is 505 g/mol. The van der Waals surface area contributed by atoms with Gasteiger partial charge in [0, 0.05) is 35.9 Å². The Balaban J connectivity index is 1.80.